The van der Waals surface area contributed by atoms with Crippen molar-refractivity contribution in [2.75, 3.05) is 18.1 Å². The van der Waals surface area contributed by atoms with Crippen molar-refractivity contribution >= 4 is 11.8 Å². The molecule has 0 saturated carbocycles. The molecule has 66 valence electrons. The van der Waals surface area contributed by atoms with Crippen molar-refractivity contribution < 1.29 is 5.11 Å². The smallest absolute Gasteiger partial charge is 0.0617 e. The van der Waals surface area contributed by atoms with E-state index in [0.29, 0.717) is 11.8 Å². The summed E-state index contributed by atoms with van der Waals surface area (Å²) in [5.41, 5.74) is 5.75. The maximum Gasteiger partial charge on any atom is 0.0617 e. The van der Waals surface area contributed by atoms with Gasteiger partial charge in [-0.25, -0.2) is 0 Å². The quantitative estimate of drug-likeness (QED) is 0.616. The standard InChI is InChI=1S/C8H17NOS/c1-6-3-11-4-7(2)8(6,9)5-10/h6-7,10H,3-5,9H2,1-2H3. The molecule has 1 fully saturated rings. The Morgan fingerprint density at radius 2 is 1.91 bits per heavy atom. The van der Waals surface area contributed by atoms with Gasteiger partial charge in [0.2, 0.25) is 0 Å². The van der Waals surface area contributed by atoms with E-state index < -0.39 is 0 Å². The SMILES string of the molecule is CC1CSCC(C)C1(N)CO. The van der Waals surface area contributed by atoms with Crippen molar-refractivity contribution in [1.82, 2.24) is 0 Å². The first-order valence-electron chi connectivity index (χ1n) is 4.08. The lowest BCUT2D eigenvalue weighted by atomic mass is 9.78. The van der Waals surface area contributed by atoms with E-state index in [9.17, 15) is 0 Å². The number of aliphatic hydroxyl groups is 1. The average Bonchev–Trinajstić information content (AvgIpc) is 2.00. The fraction of sp³-hybridized carbons (Fsp3) is 1.00. The van der Waals surface area contributed by atoms with Crippen LogP contribution in [-0.4, -0.2) is 28.8 Å². The molecule has 0 amide bonds. The molecule has 1 heterocycles. The van der Waals surface area contributed by atoms with Crippen LogP contribution in [0.1, 0.15) is 13.8 Å². The lowest BCUT2D eigenvalue weighted by molar-refractivity contribution is 0.112. The van der Waals surface area contributed by atoms with Crippen molar-refractivity contribution in [1.29, 1.82) is 0 Å². The van der Waals surface area contributed by atoms with Gasteiger partial charge in [-0.3, -0.25) is 0 Å². The van der Waals surface area contributed by atoms with Crippen LogP contribution in [0.4, 0.5) is 0 Å². The van der Waals surface area contributed by atoms with Gasteiger partial charge in [-0.1, -0.05) is 13.8 Å². The van der Waals surface area contributed by atoms with Crippen LogP contribution in [0.5, 0.6) is 0 Å². The van der Waals surface area contributed by atoms with Gasteiger partial charge in [0.1, 0.15) is 0 Å². The molecule has 0 aromatic carbocycles. The normalized spacial score (nSPS) is 45.8. The Hall–Kier alpha value is 0.270. The fourth-order valence-corrected chi connectivity index (χ4v) is 2.99. The predicted octanol–water partition coefficient (Wildman–Crippen LogP) is 0.695. The van der Waals surface area contributed by atoms with E-state index in [0.717, 1.165) is 11.5 Å². The Balaban J connectivity index is 2.69. The van der Waals surface area contributed by atoms with Crippen LogP contribution in [-0.2, 0) is 0 Å². The third-order valence-corrected chi connectivity index (χ3v) is 4.32. The lowest BCUT2D eigenvalue weighted by Gasteiger charge is -2.42. The number of hydrogen-bond donors (Lipinski definition) is 2. The molecule has 0 aromatic heterocycles. The minimum absolute atomic E-state index is 0.121. The largest absolute Gasteiger partial charge is 0.394 e. The number of thioether (sulfide) groups is 1. The second kappa shape index (κ2) is 3.33. The summed E-state index contributed by atoms with van der Waals surface area (Å²) < 4.78 is 0. The van der Waals surface area contributed by atoms with Crippen molar-refractivity contribution in [2.24, 2.45) is 17.6 Å². The van der Waals surface area contributed by atoms with Gasteiger partial charge in [-0.15, -0.1) is 0 Å². The summed E-state index contributed by atoms with van der Waals surface area (Å²) in [6, 6.07) is 0. The molecule has 2 unspecified atom stereocenters. The van der Waals surface area contributed by atoms with E-state index >= 15 is 0 Å². The van der Waals surface area contributed by atoms with Crippen LogP contribution < -0.4 is 5.73 Å². The molecule has 0 bridgehead atoms. The van der Waals surface area contributed by atoms with Crippen molar-refractivity contribution in [2.45, 2.75) is 19.4 Å². The lowest BCUT2D eigenvalue weighted by Crippen LogP contribution is -2.58. The number of aliphatic hydroxyl groups excluding tert-OH is 1. The van der Waals surface area contributed by atoms with Gasteiger partial charge in [0.15, 0.2) is 0 Å². The van der Waals surface area contributed by atoms with Crippen molar-refractivity contribution in [3.05, 3.63) is 0 Å². The van der Waals surface area contributed by atoms with Gasteiger partial charge in [0.05, 0.1) is 6.61 Å². The highest BCUT2D eigenvalue weighted by Gasteiger charge is 2.39. The molecule has 0 aliphatic carbocycles. The summed E-state index contributed by atoms with van der Waals surface area (Å²) in [6.07, 6.45) is 0. The van der Waals surface area contributed by atoms with Crippen molar-refractivity contribution in [3.63, 3.8) is 0 Å². The molecular formula is C8H17NOS. The average molecular weight is 175 g/mol. The zero-order valence-corrected chi connectivity index (χ0v) is 8.03. The second-order valence-electron chi connectivity index (χ2n) is 3.61. The summed E-state index contributed by atoms with van der Waals surface area (Å²) in [5.74, 6) is 3.03. The van der Waals surface area contributed by atoms with Gasteiger partial charge >= 0.3 is 0 Å². The molecule has 1 aliphatic rings. The Kier molecular flexibility index (Phi) is 2.84. The molecule has 3 N–H and O–H groups in total. The maximum absolute atomic E-state index is 9.16. The predicted molar refractivity (Wildman–Crippen MR) is 49.7 cm³/mol. The number of hydrogen-bond acceptors (Lipinski definition) is 3. The van der Waals surface area contributed by atoms with Crippen molar-refractivity contribution in [3.8, 4) is 0 Å². The van der Waals surface area contributed by atoms with Gasteiger partial charge < -0.3 is 10.8 Å². The van der Waals surface area contributed by atoms with Crippen LogP contribution in [0, 0.1) is 11.8 Å². The van der Waals surface area contributed by atoms with Crippen LogP contribution >= 0.6 is 11.8 Å². The molecule has 2 nitrogen and oxygen atoms in total. The first-order valence-corrected chi connectivity index (χ1v) is 5.24. The molecule has 0 aromatic rings. The fourth-order valence-electron chi connectivity index (χ4n) is 1.53. The second-order valence-corrected chi connectivity index (χ2v) is 4.68. The highest BCUT2D eigenvalue weighted by atomic mass is 32.2. The summed E-state index contributed by atoms with van der Waals surface area (Å²) in [6.45, 7) is 4.37. The monoisotopic (exact) mass is 175 g/mol. The summed E-state index contributed by atoms with van der Waals surface area (Å²) in [5, 5.41) is 9.16. The zero-order chi connectivity index (χ0) is 8.48. The third-order valence-electron chi connectivity index (χ3n) is 2.84. The molecule has 2 atom stereocenters. The number of nitrogens with two attached hydrogens (primary N) is 1. The highest BCUT2D eigenvalue weighted by molar-refractivity contribution is 7.99. The number of rotatable bonds is 1. The van der Waals surface area contributed by atoms with Crippen LogP contribution in [0.25, 0.3) is 0 Å². The Bertz CT molecular complexity index is 130. The first-order chi connectivity index (χ1) is 5.11. The van der Waals surface area contributed by atoms with Crippen LogP contribution in [0.3, 0.4) is 0 Å². The first kappa shape index (κ1) is 9.36. The maximum atomic E-state index is 9.16. The molecular weight excluding hydrogens is 158 g/mol. The molecule has 1 rings (SSSR count). The Morgan fingerprint density at radius 1 is 1.45 bits per heavy atom. The summed E-state index contributed by atoms with van der Waals surface area (Å²) in [4.78, 5) is 0. The Morgan fingerprint density at radius 3 is 2.18 bits per heavy atom. The van der Waals surface area contributed by atoms with Gasteiger partial charge in [0, 0.05) is 5.54 Å². The topological polar surface area (TPSA) is 46.2 Å². The van der Waals surface area contributed by atoms with Gasteiger partial charge in [0.25, 0.3) is 0 Å². The Labute approximate surface area is 72.5 Å². The van der Waals surface area contributed by atoms with Gasteiger partial charge in [-0.2, -0.15) is 11.8 Å². The van der Waals surface area contributed by atoms with E-state index in [2.05, 4.69) is 13.8 Å². The summed E-state index contributed by atoms with van der Waals surface area (Å²) in [7, 11) is 0. The third kappa shape index (κ3) is 1.55. The van der Waals surface area contributed by atoms with Gasteiger partial charge in [-0.05, 0) is 23.3 Å². The molecule has 0 spiro atoms. The molecule has 3 heteroatoms. The molecule has 11 heavy (non-hydrogen) atoms. The molecule has 1 aliphatic heterocycles. The van der Waals surface area contributed by atoms with Crippen LogP contribution in [0.15, 0.2) is 0 Å². The van der Waals surface area contributed by atoms with E-state index in [1.54, 1.807) is 0 Å². The highest BCUT2D eigenvalue weighted by Crippen LogP contribution is 2.34. The summed E-state index contributed by atoms with van der Waals surface area (Å²) >= 11 is 1.94. The van der Waals surface area contributed by atoms with Crippen LogP contribution in [0.2, 0.25) is 0 Å². The van der Waals surface area contributed by atoms with E-state index in [4.69, 9.17) is 10.8 Å². The molecule has 0 radical (unpaired) electrons. The molecule has 1 saturated heterocycles. The minimum Gasteiger partial charge on any atom is -0.394 e. The minimum atomic E-state index is -0.328. The van der Waals surface area contributed by atoms with E-state index in [1.807, 2.05) is 11.8 Å². The van der Waals surface area contributed by atoms with E-state index in [1.165, 1.54) is 0 Å². The zero-order valence-electron chi connectivity index (χ0n) is 7.21. The van der Waals surface area contributed by atoms with E-state index in [-0.39, 0.29) is 12.1 Å².